The van der Waals surface area contributed by atoms with E-state index in [1.807, 2.05) is 25.2 Å². The summed E-state index contributed by atoms with van der Waals surface area (Å²) < 4.78 is 0. The van der Waals surface area contributed by atoms with Crippen LogP contribution in [-0.4, -0.2) is 25.7 Å². The molecule has 2 rings (SSSR count). The van der Waals surface area contributed by atoms with Crippen molar-refractivity contribution < 1.29 is 5.11 Å². The molecule has 2 aromatic rings. The molecule has 20 heavy (non-hydrogen) atoms. The molecule has 0 amide bonds. The molecule has 0 spiro atoms. The highest BCUT2D eigenvalue weighted by molar-refractivity contribution is 5.48. The number of benzene rings is 2. The largest absolute Gasteiger partial charge is 0.508 e. The topological polar surface area (TPSA) is 35.5 Å². The van der Waals surface area contributed by atoms with Crippen molar-refractivity contribution in [1.29, 1.82) is 0 Å². The lowest BCUT2D eigenvalue weighted by Gasteiger charge is -2.23. The zero-order valence-corrected chi connectivity index (χ0v) is 12.1. The van der Waals surface area contributed by atoms with Crippen LogP contribution in [0.15, 0.2) is 54.6 Å². The van der Waals surface area contributed by atoms with Crippen LogP contribution < -0.4 is 10.2 Å². The molecule has 0 saturated heterocycles. The molecule has 2 N–H and O–H groups in total. The first-order chi connectivity index (χ1) is 9.70. The molecule has 106 valence electrons. The summed E-state index contributed by atoms with van der Waals surface area (Å²) >= 11 is 0. The Hall–Kier alpha value is -2.00. The maximum absolute atomic E-state index is 9.31. The summed E-state index contributed by atoms with van der Waals surface area (Å²) in [6.45, 7) is 0.950. The van der Waals surface area contributed by atoms with Crippen LogP contribution in [-0.2, 0) is 0 Å². The fourth-order valence-corrected chi connectivity index (χ4v) is 2.32. The van der Waals surface area contributed by atoms with Gasteiger partial charge in [-0.15, -0.1) is 0 Å². The first-order valence-corrected chi connectivity index (χ1v) is 6.93. The van der Waals surface area contributed by atoms with Crippen molar-refractivity contribution in [1.82, 2.24) is 5.32 Å². The van der Waals surface area contributed by atoms with E-state index in [4.69, 9.17) is 0 Å². The predicted molar refractivity (Wildman–Crippen MR) is 84.2 cm³/mol. The van der Waals surface area contributed by atoms with Crippen molar-refractivity contribution in [3.63, 3.8) is 0 Å². The zero-order valence-electron chi connectivity index (χ0n) is 12.1. The fourth-order valence-electron chi connectivity index (χ4n) is 2.32. The van der Waals surface area contributed by atoms with Crippen molar-refractivity contribution in [3.05, 3.63) is 60.2 Å². The molecule has 0 aromatic heterocycles. The molecule has 0 bridgehead atoms. The Morgan fingerprint density at radius 2 is 1.70 bits per heavy atom. The van der Waals surface area contributed by atoms with Crippen molar-refractivity contribution >= 4 is 5.69 Å². The van der Waals surface area contributed by atoms with E-state index >= 15 is 0 Å². The summed E-state index contributed by atoms with van der Waals surface area (Å²) in [5, 5.41) is 12.7. The molecule has 1 unspecified atom stereocenters. The number of phenolic OH excluding ortho intramolecular Hbond substituents is 1. The summed E-state index contributed by atoms with van der Waals surface area (Å²) in [6.07, 6.45) is 1.03. The first-order valence-electron chi connectivity index (χ1n) is 6.93. The number of nitrogens with zero attached hydrogens (tertiary/aromatic N) is 1. The lowest BCUT2D eigenvalue weighted by atomic mass is 10.0. The zero-order chi connectivity index (χ0) is 14.4. The lowest BCUT2D eigenvalue weighted by molar-refractivity contribution is 0.475. The second-order valence-corrected chi connectivity index (χ2v) is 4.98. The second-order valence-electron chi connectivity index (χ2n) is 4.98. The molecular formula is C17H22N2O. The van der Waals surface area contributed by atoms with E-state index in [2.05, 4.69) is 41.5 Å². The fraction of sp³-hybridized carbons (Fsp3) is 0.294. The summed E-state index contributed by atoms with van der Waals surface area (Å²) in [4.78, 5) is 2.20. The Kier molecular flexibility index (Phi) is 5.02. The van der Waals surface area contributed by atoms with Crippen LogP contribution >= 0.6 is 0 Å². The van der Waals surface area contributed by atoms with Gasteiger partial charge in [0.15, 0.2) is 0 Å². The molecule has 0 heterocycles. The molecular weight excluding hydrogens is 248 g/mol. The molecule has 1 atom stereocenters. The van der Waals surface area contributed by atoms with Crippen LogP contribution in [0.1, 0.15) is 18.0 Å². The number of nitrogens with one attached hydrogen (secondary N) is 1. The predicted octanol–water partition coefficient (Wildman–Crippen LogP) is 3.18. The van der Waals surface area contributed by atoms with Gasteiger partial charge in [-0.05, 0) is 43.3 Å². The maximum Gasteiger partial charge on any atom is 0.115 e. The third kappa shape index (κ3) is 3.75. The third-order valence-corrected chi connectivity index (χ3v) is 3.59. The average Bonchev–Trinajstić information content (AvgIpc) is 2.49. The van der Waals surface area contributed by atoms with Crippen LogP contribution in [0.3, 0.4) is 0 Å². The van der Waals surface area contributed by atoms with Gasteiger partial charge in [-0.2, -0.15) is 0 Å². The Balaban J connectivity index is 1.94. The summed E-state index contributed by atoms with van der Waals surface area (Å²) in [5.74, 6) is 0.305. The van der Waals surface area contributed by atoms with Crippen LogP contribution in [0, 0.1) is 0 Å². The number of aromatic hydroxyl groups is 1. The monoisotopic (exact) mass is 270 g/mol. The molecule has 0 aliphatic rings. The molecule has 0 aliphatic heterocycles. The van der Waals surface area contributed by atoms with Crippen molar-refractivity contribution in [3.8, 4) is 5.75 Å². The summed E-state index contributed by atoms with van der Waals surface area (Å²) in [5.41, 5.74) is 2.43. The Morgan fingerprint density at radius 3 is 2.30 bits per heavy atom. The van der Waals surface area contributed by atoms with Gasteiger partial charge in [0.25, 0.3) is 0 Å². The number of hydrogen-bond donors (Lipinski definition) is 2. The van der Waals surface area contributed by atoms with Crippen LogP contribution in [0.2, 0.25) is 0 Å². The summed E-state index contributed by atoms with van der Waals surface area (Å²) in [6, 6.07) is 18.2. The highest BCUT2D eigenvalue weighted by Gasteiger charge is 2.10. The van der Waals surface area contributed by atoms with Gasteiger partial charge in [0.05, 0.1) is 0 Å². The van der Waals surface area contributed by atoms with Gasteiger partial charge in [-0.1, -0.05) is 30.3 Å². The number of rotatable bonds is 6. The molecule has 3 heteroatoms. The van der Waals surface area contributed by atoms with Gasteiger partial charge in [0.1, 0.15) is 5.75 Å². The Morgan fingerprint density at radius 1 is 1.05 bits per heavy atom. The van der Waals surface area contributed by atoms with E-state index in [9.17, 15) is 5.11 Å². The van der Waals surface area contributed by atoms with E-state index in [0.717, 1.165) is 18.7 Å². The molecule has 3 nitrogen and oxygen atoms in total. The van der Waals surface area contributed by atoms with Gasteiger partial charge in [0, 0.05) is 25.3 Å². The molecule has 0 aliphatic carbocycles. The van der Waals surface area contributed by atoms with Crippen molar-refractivity contribution in [2.45, 2.75) is 12.5 Å². The highest BCUT2D eigenvalue weighted by Crippen LogP contribution is 2.20. The minimum atomic E-state index is 0.305. The normalized spacial score (nSPS) is 12.1. The van der Waals surface area contributed by atoms with Crippen molar-refractivity contribution in [2.24, 2.45) is 0 Å². The smallest absolute Gasteiger partial charge is 0.115 e. The van der Waals surface area contributed by atoms with Crippen molar-refractivity contribution in [2.75, 3.05) is 25.5 Å². The Labute approximate surface area is 120 Å². The second kappa shape index (κ2) is 6.96. The average molecular weight is 270 g/mol. The van der Waals surface area contributed by atoms with Crippen LogP contribution in [0.25, 0.3) is 0 Å². The number of phenols is 1. The van der Waals surface area contributed by atoms with Crippen LogP contribution in [0.5, 0.6) is 5.75 Å². The van der Waals surface area contributed by atoms with Gasteiger partial charge in [0.2, 0.25) is 0 Å². The van der Waals surface area contributed by atoms with Gasteiger partial charge >= 0.3 is 0 Å². The molecule has 0 fully saturated rings. The van der Waals surface area contributed by atoms with E-state index in [1.165, 1.54) is 5.56 Å². The standard InChI is InChI=1S/C17H22N2O/c1-18-17(14-6-4-3-5-7-14)12-13-19(2)15-8-10-16(20)11-9-15/h3-11,17-18,20H,12-13H2,1-2H3. The quantitative estimate of drug-likeness (QED) is 0.846. The Bertz CT molecular complexity index is 510. The minimum absolute atomic E-state index is 0.305. The number of anilines is 1. The SMILES string of the molecule is CNC(CCN(C)c1ccc(O)cc1)c1ccccc1. The van der Waals surface area contributed by atoms with E-state index in [1.54, 1.807) is 12.1 Å². The van der Waals surface area contributed by atoms with Crippen LogP contribution in [0.4, 0.5) is 5.69 Å². The lowest BCUT2D eigenvalue weighted by Crippen LogP contribution is -2.25. The maximum atomic E-state index is 9.31. The third-order valence-electron chi connectivity index (χ3n) is 3.59. The molecule has 0 saturated carbocycles. The van der Waals surface area contributed by atoms with Gasteiger partial charge in [-0.25, -0.2) is 0 Å². The van der Waals surface area contributed by atoms with E-state index < -0.39 is 0 Å². The number of hydrogen-bond acceptors (Lipinski definition) is 3. The highest BCUT2D eigenvalue weighted by atomic mass is 16.3. The van der Waals surface area contributed by atoms with Gasteiger partial charge in [-0.3, -0.25) is 0 Å². The summed E-state index contributed by atoms with van der Waals surface area (Å²) in [7, 11) is 4.07. The first kappa shape index (κ1) is 14.4. The minimum Gasteiger partial charge on any atom is -0.508 e. The van der Waals surface area contributed by atoms with E-state index in [-0.39, 0.29) is 0 Å². The molecule has 0 radical (unpaired) electrons. The van der Waals surface area contributed by atoms with E-state index in [0.29, 0.717) is 11.8 Å². The molecule has 2 aromatic carbocycles. The van der Waals surface area contributed by atoms with Gasteiger partial charge < -0.3 is 15.3 Å².